The summed E-state index contributed by atoms with van der Waals surface area (Å²) < 4.78 is 4.34. The number of carbonyl (C=O) groups excluding carboxylic acids is 1. The summed E-state index contributed by atoms with van der Waals surface area (Å²) in [7, 11) is 1.23. The molecule has 0 bridgehead atoms. The number of aromatic amines is 1. The minimum Gasteiger partial charge on any atom is -0.492 e. The van der Waals surface area contributed by atoms with Gasteiger partial charge in [0.25, 0.3) is 5.56 Å². The van der Waals surface area contributed by atoms with E-state index >= 15 is 0 Å². The Bertz CT molecular complexity index is 481. The molecule has 0 spiro atoms. The molecule has 15 heavy (non-hydrogen) atoms. The van der Waals surface area contributed by atoms with Gasteiger partial charge < -0.3 is 14.8 Å². The lowest BCUT2D eigenvalue weighted by atomic mass is 10.3. The first-order chi connectivity index (χ1) is 7.15. The quantitative estimate of drug-likeness (QED) is 0.474. The fraction of sp³-hybridized carbons (Fsp3) is 0.222. The maximum absolute atomic E-state index is 11.1. The molecule has 78 valence electrons. The number of nitrogens with one attached hydrogen (secondary N) is 1. The smallest absolute Gasteiger partial charge is 0.317 e. The molecule has 1 aromatic rings. The van der Waals surface area contributed by atoms with Gasteiger partial charge in [-0.25, -0.2) is 4.98 Å². The molecule has 1 heterocycles. The van der Waals surface area contributed by atoms with E-state index in [-0.39, 0.29) is 12.0 Å². The lowest BCUT2D eigenvalue weighted by Gasteiger charge is -1.92. The van der Waals surface area contributed by atoms with E-state index in [0.717, 1.165) is 6.33 Å². The third-order valence-corrected chi connectivity index (χ3v) is 1.51. The van der Waals surface area contributed by atoms with E-state index in [0.29, 0.717) is 0 Å². The first-order valence-electron chi connectivity index (χ1n) is 3.97. The van der Waals surface area contributed by atoms with Crippen LogP contribution < -0.4 is 5.56 Å². The van der Waals surface area contributed by atoms with E-state index in [2.05, 4.69) is 26.5 Å². The lowest BCUT2D eigenvalue weighted by molar-refractivity contribution is -0.139. The summed E-state index contributed by atoms with van der Waals surface area (Å²) in [6.45, 7) is 0. The fourth-order valence-electron chi connectivity index (χ4n) is 0.780. The van der Waals surface area contributed by atoms with Crippen molar-refractivity contribution in [3.05, 3.63) is 22.2 Å². The Morgan fingerprint density at radius 3 is 3.07 bits per heavy atom. The summed E-state index contributed by atoms with van der Waals surface area (Å²) in [5.41, 5.74) is -0.721. The fourth-order valence-corrected chi connectivity index (χ4v) is 0.780. The number of nitrogens with zero attached hydrogens (tertiary/aromatic N) is 1. The Labute approximate surface area is 84.9 Å². The summed E-state index contributed by atoms with van der Waals surface area (Å²) in [6.07, 6.45) is 0.910. The number of methoxy groups -OCH3 is 1. The molecule has 0 fully saturated rings. The van der Waals surface area contributed by atoms with Gasteiger partial charge in [-0.2, -0.15) is 0 Å². The highest BCUT2D eigenvalue weighted by Gasteiger charge is 2.03. The van der Waals surface area contributed by atoms with Gasteiger partial charge in [0.15, 0.2) is 5.56 Å². The van der Waals surface area contributed by atoms with Crippen LogP contribution in [0.25, 0.3) is 0 Å². The molecule has 2 N–H and O–H groups in total. The van der Waals surface area contributed by atoms with Crippen molar-refractivity contribution in [3.63, 3.8) is 0 Å². The van der Waals surface area contributed by atoms with Crippen LogP contribution in [0.3, 0.4) is 0 Å². The molecule has 6 nitrogen and oxygen atoms in total. The van der Waals surface area contributed by atoms with Crippen LogP contribution in [0, 0.1) is 11.8 Å². The second kappa shape index (κ2) is 4.81. The van der Waals surface area contributed by atoms with Crippen molar-refractivity contribution in [2.75, 3.05) is 7.11 Å². The highest BCUT2D eigenvalue weighted by atomic mass is 16.5. The second-order valence-electron chi connectivity index (χ2n) is 2.48. The topological polar surface area (TPSA) is 92.3 Å². The number of rotatable bonds is 1. The molecule has 1 rings (SSSR count). The van der Waals surface area contributed by atoms with E-state index in [1.807, 2.05) is 0 Å². The molecule has 0 aromatic carbocycles. The number of hydrogen-bond acceptors (Lipinski definition) is 5. The van der Waals surface area contributed by atoms with Gasteiger partial charge in [0.2, 0.25) is 5.88 Å². The molecule has 0 aliphatic rings. The molecule has 0 radical (unpaired) electrons. The number of H-pyrrole nitrogens is 1. The van der Waals surface area contributed by atoms with E-state index in [4.69, 9.17) is 5.11 Å². The van der Waals surface area contributed by atoms with Crippen LogP contribution in [-0.2, 0) is 9.53 Å². The van der Waals surface area contributed by atoms with Gasteiger partial charge in [0.1, 0.15) is 6.42 Å². The summed E-state index contributed by atoms with van der Waals surface area (Å²) in [6, 6.07) is 0. The molecule has 0 aliphatic heterocycles. The normalized spacial score (nSPS) is 8.87. The highest BCUT2D eigenvalue weighted by Crippen LogP contribution is 2.03. The van der Waals surface area contributed by atoms with E-state index < -0.39 is 17.4 Å². The van der Waals surface area contributed by atoms with Crippen molar-refractivity contribution in [2.45, 2.75) is 6.42 Å². The average Bonchev–Trinajstić information content (AvgIpc) is 2.22. The zero-order valence-corrected chi connectivity index (χ0v) is 7.90. The molecule has 0 aliphatic carbocycles. The van der Waals surface area contributed by atoms with Gasteiger partial charge in [-0.15, -0.1) is 0 Å². The number of esters is 1. The van der Waals surface area contributed by atoms with Crippen LogP contribution in [0.15, 0.2) is 11.1 Å². The van der Waals surface area contributed by atoms with Crippen molar-refractivity contribution < 1.29 is 14.6 Å². The summed E-state index contributed by atoms with van der Waals surface area (Å²) in [5.74, 6) is 3.76. The number of ether oxygens (including phenoxy) is 1. The minimum absolute atomic E-state index is 0.149. The molecular weight excluding hydrogens is 200 g/mol. The number of carbonyl (C=O) groups is 1. The standard InChI is InChI=1S/C9H8N2O4/c1-15-7(12)4-2-3-6-8(13)10-5-11-9(6)14/h5H,4H2,1H3,(H2,10,11,13,14). The Kier molecular flexibility index (Phi) is 3.46. The lowest BCUT2D eigenvalue weighted by Crippen LogP contribution is -2.10. The van der Waals surface area contributed by atoms with E-state index in [1.165, 1.54) is 7.11 Å². The van der Waals surface area contributed by atoms with Gasteiger partial charge in [0, 0.05) is 0 Å². The average molecular weight is 208 g/mol. The maximum atomic E-state index is 11.1. The molecule has 0 amide bonds. The Balaban J connectivity index is 2.89. The van der Waals surface area contributed by atoms with Gasteiger partial charge in [0.05, 0.1) is 13.4 Å². The minimum atomic E-state index is -0.556. The van der Waals surface area contributed by atoms with E-state index in [9.17, 15) is 9.59 Å². The molecule has 0 unspecified atom stereocenters. The highest BCUT2D eigenvalue weighted by molar-refractivity contribution is 5.72. The van der Waals surface area contributed by atoms with Crippen molar-refractivity contribution in [1.29, 1.82) is 0 Å². The van der Waals surface area contributed by atoms with Crippen LogP contribution in [0.2, 0.25) is 0 Å². The Morgan fingerprint density at radius 2 is 2.47 bits per heavy atom. The van der Waals surface area contributed by atoms with Gasteiger partial charge in [-0.05, 0) is 0 Å². The van der Waals surface area contributed by atoms with E-state index in [1.54, 1.807) is 0 Å². The van der Waals surface area contributed by atoms with Crippen molar-refractivity contribution in [2.24, 2.45) is 0 Å². The second-order valence-corrected chi connectivity index (χ2v) is 2.48. The molecule has 0 saturated heterocycles. The molecular formula is C9H8N2O4. The van der Waals surface area contributed by atoms with Crippen LogP contribution in [0.1, 0.15) is 12.0 Å². The molecule has 1 aromatic heterocycles. The largest absolute Gasteiger partial charge is 0.492 e. The van der Waals surface area contributed by atoms with Crippen LogP contribution >= 0.6 is 0 Å². The molecule has 0 atom stereocenters. The predicted molar refractivity (Wildman–Crippen MR) is 50.0 cm³/mol. The number of hydrogen-bond donors (Lipinski definition) is 2. The van der Waals surface area contributed by atoms with Gasteiger partial charge in [-0.3, -0.25) is 9.59 Å². The third-order valence-electron chi connectivity index (χ3n) is 1.51. The first kappa shape index (κ1) is 10.8. The summed E-state index contributed by atoms with van der Waals surface area (Å²) in [5, 5.41) is 9.16. The van der Waals surface area contributed by atoms with Crippen LogP contribution in [0.5, 0.6) is 5.88 Å². The first-order valence-corrected chi connectivity index (χ1v) is 3.97. The van der Waals surface area contributed by atoms with Gasteiger partial charge >= 0.3 is 5.97 Å². The van der Waals surface area contributed by atoms with Gasteiger partial charge in [-0.1, -0.05) is 11.8 Å². The Morgan fingerprint density at radius 1 is 1.73 bits per heavy atom. The molecule has 0 saturated carbocycles. The zero-order chi connectivity index (χ0) is 11.3. The molecule has 6 heteroatoms. The van der Waals surface area contributed by atoms with Crippen molar-refractivity contribution in [1.82, 2.24) is 9.97 Å². The summed E-state index contributed by atoms with van der Waals surface area (Å²) in [4.78, 5) is 27.5. The van der Waals surface area contributed by atoms with Crippen LogP contribution in [-0.4, -0.2) is 28.2 Å². The summed E-state index contributed by atoms with van der Waals surface area (Å²) >= 11 is 0. The SMILES string of the molecule is COC(=O)CC#Cc1c(O)nc[nH]c1=O. The monoisotopic (exact) mass is 208 g/mol. The van der Waals surface area contributed by atoms with Crippen molar-refractivity contribution in [3.8, 4) is 17.7 Å². The predicted octanol–water partition coefficient (Wildman–Crippen LogP) is -0.610. The Hall–Kier alpha value is -2.29. The maximum Gasteiger partial charge on any atom is 0.317 e. The number of aromatic nitrogens is 2. The van der Waals surface area contributed by atoms with Crippen LogP contribution in [0.4, 0.5) is 0 Å². The zero-order valence-electron chi connectivity index (χ0n) is 7.90. The van der Waals surface area contributed by atoms with Crippen molar-refractivity contribution >= 4 is 5.97 Å². The number of aromatic hydroxyl groups is 1. The third kappa shape index (κ3) is 2.84.